The Balaban J connectivity index is 2.06. The highest BCUT2D eigenvalue weighted by Gasteiger charge is 2.15. The van der Waals surface area contributed by atoms with Crippen LogP contribution in [0.3, 0.4) is 0 Å². The first-order chi connectivity index (χ1) is 10.3. The van der Waals surface area contributed by atoms with Gasteiger partial charge in [-0.2, -0.15) is 0 Å². The van der Waals surface area contributed by atoms with E-state index in [0.717, 1.165) is 34.5 Å². The van der Waals surface area contributed by atoms with Crippen LogP contribution in [0, 0.1) is 6.92 Å². The van der Waals surface area contributed by atoms with E-state index in [-0.39, 0.29) is 6.04 Å². The minimum absolute atomic E-state index is 0.0359. The van der Waals surface area contributed by atoms with Crippen LogP contribution >= 0.6 is 0 Å². The Hall–Kier alpha value is -2.33. The van der Waals surface area contributed by atoms with Crippen LogP contribution in [0.2, 0.25) is 0 Å². The van der Waals surface area contributed by atoms with Crippen LogP contribution in [0.15, 0.2) is 48.8 Å². The van der Waals surface area contributed by atoms with Crippen molar-refractivity contribution >= 4 is 10.9 Å². The SMILES string of the molecule is CCNC(c1cnc2ccccc2c1)c1ccnc(C)n1. The molecule has 106 valence electrons. The van der Waals surface area contributed by atoms with E-state index in [2.05, 4.69) is 39.3 Å². The first-order valence-corrected chi connectivity index (χ1v) is 7.15. The molecule has 0 amide bonds. The number of rotatable bonds is 4. The van der Waals surface area contributed by atoms with E-state index in [1.807, 2.05) is 37.4 Å². The maximum Gasteiger partial charge on any atom is 0.125 e. The summed E-state index contributed by atoms with van der Waals surface area (Å²) in [6, 6.07) is 12.3. The summed E-state index contributed by atoms with van der Waals surface area (Å²) in [5.74, 6) is 0.782. The fourth-order valence-corrected chi connectivity index (χ4v) is 2.48. The van der Waals surface area contributed by atoms with Crippen LogP contribution in [0.1, 0.15) is 30.0 Å². The monoisotopic (exact) mass is 278 g/mol. The molecule has 0 spiro atoms. The number of hydrogen-bond acceptors (Lipinski definition) is 4. The Morgan fingerprint density at radius 3 is 2.81 bits per heavy atom. The van der Waals surface area contributed by atoms with Crippen molar-refractivity contribution in [3.05, 3.63) is 65.9 Å². The molecule has 0 radical (unpaired) electrons. The molecule has 0 aliphatic carbocycles. The van der Waals surface area contributed by atoms with Crippen molar-refractivity contribution in [2.24, 2.45) is 0 Å². The van der Waals surface area contributed by atoms with Crippen molar-refractivity contribution in [2.45, 2.75) is 19.9 Å². The highest BCUT2D eigenvalue weighted by atomic mass is 15.0. The fraction of sp³-hybridized carbons (Fsp3) is 0.235. The lowest BCUT2D eigenvalue weighted by Gasteiger charge is -2.18. The maximum atomic E-state index is 4.55. The van der Waals surface area contributed by atoms with Gasteiger partial charge in [0.15, 0.2) is 0 Å². The molecule has 0 aliphatic rings. The third-order valence-electron chi connectivity index (χ3n) is 3.45. The van der Waals surface area contributed by atoms with E-state index >= 15 is 0 Å². The van der Waals surface area contributed by atoms with Crippen molar-refractivity contribution < 1.29 is 0 Å². The third kappa shape index (κ3) is 2.90. The van der Waals surface area contributed by atoms with Gasteiger partial charge in [-0.15, -0.1) is 0 Å². The predicted molar refractivity (Wildman–Crippen MR) is 84.0 cm³/mol. The zero-order chi connectivity index (χ0) is 14.7. The third-order valence-corrected chi connectivity index (χ3v) is 3.45. The van der Waals surface area contributed by atoms with Crippen molar-refractivity contribution in [3.8, 4) is 0 Å². The first kappa shape index (κ1) is 13.6. The molecule has 0 saturated carbocycles. The zero-order valence-electron chi connectivity index (χ0n) is 12.2. The molecular weight excluding hydrogens is 260 g/mol. The second-order valence-corrected chi connectivity index (χ2v) is 4.98. The zero-order valence-corrected chi connectivity index (χ0v) is 12.2. The number of aryl methyl sites for hydroxylation is 1. The quantitative estimate of drug-likeness (QED) is 0.797. The maximum absolute atomic E-state index is 4.55. The van der Waals surface area contributed by atoms with Gasteiger partial charge in [0.2, 0.25) is 0 Å². The number of hydrogen-bond donors (Lipinski definition) is 1. The van der Waals surface area contributed by atoms with Crippen molar-refractivity contribution in [3.63, 3.8) is 0 Å². The summed E-state index contributed by atoms with van der Waals surface area (Å²) in [5.41, 5.74) is 3.10. The van der Waals surface area contributed by atoms with Crippen LogP contribution < -0.4 is 5.32 Å². The molecule has 2 aromatic heterocycles. The van der Waals surface area contributed by atoms with E-state index in [1.54, 1.807) is 6.20 Å². The standard InChI is InChI=1S/C17H18N4/c1-3-18-17(16-8-9-19-12(2)21-16)14-10-13-6-4-5-7-15(13)20-11-14/h4-11,17-18H,3H2,1-2H3. The second-order valence-electron chi connectivity index (χ2n) is 4.98. The molecule has 3 aromatic rings. The molecule has 0 bridgehead atoms. The molecule has 1 N–H and O–H groups in total. The average Bonchev–Trinajstić information content (AvgIpc) is 2.52. The lowest BCUT2D eigenvalue weighted by atomic mass is 10.0. The van der Waals surface area contributed by atoms with Gasteiger partial charge < -0.3 is 5.32 Å². The minimum Gasteiger partial charge on any atom is -0.305 e. The molecular formula is C17H18N4. The first-order valence-electron chi connectivity index (χ1n) is 7.15. The van der Waals surface area contributed by atoms with Gasteiger partial charge in [-0.3, -0.25) is 4.98 Å². The van der Waals surface area contributed by atoms with Crippen LogP contribution in [-0.2, 0) is 0 Å². The topological polar surface area (TPSA) is 50.7 Å². The van der Waals surface area contributed by atoms with E-state index in [4.69, 9.17) is 0 Å². The Morgan fingerprint density at radius 2 is 2.00 bits per heavy atom. The molecule has 1 unspecified atom stereocenters. The largest absolute Gasteiger partial charge is 0.305 e. The van der Waals surface area contributed by atoms with Gasteiger partial charge >= 0.3 is 0 Å². The molecule has 3 rings (SSSR count). The second kappa shape index (κ2) is 5.97. The molecule has 0 fully saturated rings. The molecule has 4 heteroatoms. The average molecular weight is 278 g/mol. The van der Waals surface area contributed by atoms with Gasteiger partial charge in [0.25, 0.3) is 0 Å². The summed E-state index contributed by atoms with van der Waals surface area (Å²) in [4.78, 5) is 13.3. The highest BCUT2D eigenvalue weighted by molar-refractivity contribution is 5.78. The summed E-state index contributed by atoms with van der Waals surface area (Å²) >= 11 is 0. The molecule has 0 aliphatic heterocycles. The molecule has 0 saturated heterocycles. The van der Waals surface area contributed by atoms with Crippen LogP contribution in [0.5, 0.6) is 0 Å². The van der Waals surface area contributed by atoms with Crippen LogP contribution in [0.4, 0.5) is 0 Å². The smallest absolute Gasteiger partial charge is 0.125 e. The number of benzene rings is 1. The van der Waals surface area contributed by atoms with Crippen molar-refractivity contribution in [1.82, 2.24) is 20.3 Å². The number of aromatic nitrogens is 3. The number of fused-ring (bicyclic) bond motifs is 1. The Kier molecular flexibility index (Phi) is 3.88. The Morgan fingerprint density at radius 1 is 1.14 bits per heavy atom. The van der Waals surface area contributed by atoms with E-state index in [0.29, 0.717) is 0 Å². The summed E-state index contributed by atoms with van der Waals surface area (Å²) in [5, 5.41) is 4.62. The Labute approximate surface area is 124 Å². The van der Waals surface area contributed by atoms with Gasteiger partial charge in [0, 0.05) is 17.8 Å². The van der Waals surface area contributed by atoms with Gasteiger partial charge in [-0.1, -0.05) is 25.1 Å². The molecule has 4 nitrogen and oxygen atoms in total. The van der Waals surface area contributed by atoms with E-state index < -0.39 is 0 Å². The predicted octanol–water partition coefficient (Wildman–Crippen LogP) is 3.03. The summed E-state index contributed by atoms with van der Waals surface area (Å²) in [6.45, 7) is 4.86. The fourth-order valence-electron chi connectivity index (χ4n) is 2.48. The Bertz CT molecular complexity index is 754. The normalized spacial score (nSPS) is 12.5. The highest BCUT2D eigenvalue weighted by Crippen LogP contribution is 2.23. The van der Waals surface area contributed by atoms with Gasteiger partial charge in [-0.05, 0) is 37.2 Å². The van der Waals surface area contributed by atoms with Gasteiger partial charge in [-0.25, -0.2) is 9.97 Å². The lowest BCUT2D eigenvalue weighted by molar-refractivity contribution is 0.610. The molecule has 1 atom stereocenters. The number of nitrogens with one attached hydrogen (secondary N) is 1. The van der Waals surface area contributed by atoms with E-state index in [1.165, 1.54) is 0 Å². The van der Waals surface area contributed by atoms with Crippen molar-refractivity contribution in [1.29, 1.82) is 0 Å². The van der Waals surface area contributed by atoms with Gasteiger partial charge in [0.05, 0.1) is 17.3 Å². The molecule has 1 aromatic carbocycles. The van der Waals surface area contributed by atoms with Crippen LogP contribution in [0.25, 0.3) is 10.9 Å². The minimum atomic E-state index is 0.0359. The lowest BCUT2D eigenvalue weighted by Crippen LogP contribution is -2.23. The number of para-hydroxylation sites is 1. The number of pyridine rings is 1. The summed E-state index contributed by atoms with van der Waals surface area (Å²) in [7, 11) is 0. The summed E-state index contributed by atoms with van der Waals surface area (Å²) in [6.07, 6.45) is 3.73. The van der Waals surface area contributed by atoms with Gasteiger partial charge in [0.1, 0.15) is 5.82 Å². The molecule has 2 heterocycles. The number of nitrogens with zero attached hydrogens (tertiary/aromatic N) is 3. The van der Waals surface area contributed by atoms with Crippen molar-refractivity contribution in [2.75, 3.05) is 6.54 Å². The van der Waals surface area contributed by atoms with Crippen LogP contribution in [-0.4, -0.2) is 21.5 Å². The summed E-state index contributed by atoms with van der Waals surface area (Å²) < 4.78 is 0. The molecule has 21 heavy (non-hydrogen) atoms. The van der Waals surface area contributed by atoms with E-state index in [9.17, 15) is 0 Å².